The fourth-order valence-electron chi connectivity index (χ4n) is 2.94. The summed E-state index contributed by atoms with van der Waals surface area (Å²) >= 11 is 0. The molecular weight excluding hydrogens is 287 g/mol. The lowest BCUT2D eigenvalue weighted by atomic mass is 9.84. The van der Waals surface area contributed by atoms with E-state index in [0.717, 1.165) is 32.4 Å². The standard InChI is InChI=1S/C15H20F3N.ClH/c1-11(9-12-5-4-8-19-10-12)13-6-2-3-7-14(13)15(16,17)18;/h2-3,6-7,11-12,19H,4-5,8-10H2,1H3;1H. The summed E-state index contributed by atoms with van der Waals surface area (Å²) in [5, 5.41) is 3.31. The van der Waals surface area contributed by atoms with Crippen molar-refractivity contribution < 1.29 is 13.2 Å². The van der Waals surface area contributed by atoms with Crippen LogP contribution in [0.25, 0.3) is 0 Å². The highest BCUT2D eigenvalue weighted by molar-refractivity contribution is 5.85. The van der Waals surface area contributed by atoms with Crippen molar-refractivity contribution in [2.45, 2.75) is 38.3 Å². The average Bonchev–Trinajstić information content (AvgIpc) is 2.39. The van der Waals surface area contributed by atoms with Gasteiger partial charge in [-0.3, -0.25) is 0 Å². The highest BCUT2D eigenvalue weighted by atomic mass is 35.5. The third kappa shape index (κ3) is 4.38. The molecule has 1 saturated heterocycles. The van der Waals surface area contributed by atoms with Crippen molar-refractivity contribution in [3.05, 3.63) is 35.4 Å². The molecule has 1 nitrogen and oxygen atoms in total. The van der Waals surface area contributed by atoms with E-state index in [0.29, 0.717) is 11.5 Å². The third-order valence-electron chi connectivity index (χ3n) is 3.88. The van der Waals surface area contributed by atoms with Crippen molar-refractivity contribution >= 4 is 12.4 Å². The van der Waals surface area contributed by atoms with Gasteiger partial charge in [-0.2, -0.15) is 13.2 Å². The SMILES string of the molecule is CC(CC1CCCNC1)c1ccccc1C(F)(F)F.Cl. The first kappa shape index (κ1) is 17.3. The van der Waals surface area contributed by atoms with E-state index < -0.39 is 11.7 Å². The van der Waals surface area contributed by atoms with Gasteiger partial charge >= 0.3 is 6.18 Å². The van der Waals surface area contributed by atoms with Gasteiger partial charge in [0.2, 0.25) is 0 Å². The monoisotopic (exact) mass is 307 g/mol. The molecule has 2 unspecified atom stereocenters. The molecule has 0 amide bonds. The molecule has 0 saturated carbocycles. The molecule has 1 N–H and O–H groups in total. The molecule has 20 heavy (non-hydrogen) atoms. The van der Waals surface area contributed by atoms with Crippen molar-refractivity contribution in [2.24, 2.45) is 5.92 Å². The van der Waals surface area contributed by atoms with Gasteiger partial charge in [0.15, 0.2) is 0 Å². The first-order valence-corrected chi connectivity index (χ1v) is 6.85. The number of alkyl halides is 3. The lowest BCUT2D eigenvalue weighted by Gasteiger charge is -2.27. The van der Waals surface area contributed by atoms with E-state index in [-0.39, 0.29) is 18.3 Å². The molecule has 1 aliphatic rings. The number of rotatable bonds is 3. The Kier molecular flexibility index (Phi) is 6.34. The number of hydrogen-bond donors (Lipinski definition) is 1. The van der Waals surface area contributed by atoms with Gasteiger partial charge in [-0.05, 0) is 55.8 Å². The van der Waals surface area contributed by atoms with Gasteiger partial charge in [0.1, 0.15) is 0 Å². The normalized spacial score (nSPS) is 21.1. The van der Waals surface area contributed by atoms with E-state index >= 15 is 0 Å². The summed E-state index contributed by atoms with van der Waals surface area (Å²) in [5.74, 6) is 0.438. The number of hydrogen-bond acceptors (Lipinski definition) is 1. The van der Waals surface area contributed by atoms with E-state index in [9.17, 15) is 13.2 Å². The number of benzene rings is 1. The molecular formula is C15H21ClF3N. The molecule has 0 spiro atoms. The van der Waals surface area contributed by atoms with Crippen LogP contribution in [0, 0.1) is 5.92 Å². The largest absolute Gasteiger partial charge is 0.416 e. The Hall–Kier alpha value is -0.740. The molecule has 1 aromatic rings. The molecule has 1 aliphatic heterocycles. The average molecular weight is 308 g/mol. The fraction of sp³-hybridized carbons (Fsp3) is 0.600. The molecule has 1 aromatic carbocycles. The van der Waals surface area contributed by atoms with E-state index in [1.807, 2.05) is 6.92 Å². The predicted octanol–water partition coefficient (Wildman–Crippen LogP) is 4.62. The predicted molar refractivity (Wildman–Crippen MR) is 77.3 cm³/mol. The molecule has 0 aliphatic carbocycles. The van der Waals surface area contributed by atoms with E-state index in [1.54, 1.807) is 12.1 Å². The second-order valence-electron chi connectivity index (χ2n) is 5.43. The van der Waals surface area contributed by atoms with Crippen LogP contribution in [0.15, 0.2) is 24.3 Å². The second-order valence-corrected chi connectivity index (χ2v) is 5.43. The zero-order valence-electron chi connectivity index (χ0n) is 11.5. The Morgan fingerprint density at radius 3 is 2.60 bits per heavy atom. The smallest absolute Gasteiger partial charge is 0.316 e. The summed E-state index contributed by atoms with van der Waals surface area (Å²) in [4.78, 5) is 0. The summed E-state index contributed by atoms with van der Waals surface area (Å²) in [7, 11) is 0. The van der Waals surface area contributed by atoms with Crippen molar-refractivity contribution in [3.8, 4) is 0 Å². The molecule has 5 heteroatoms. The highest BCUT2D eigenvalue weighted by Crippen LogP contribution is 2.37. The van der Waals surface area contributed by atoms with Crippen molar-refractivity contribution in [1.29, 1.82) is 0 Å². The molecule has 1 heterocycles. The minimum absolute atomic E-state index is 0. The zero-order valence-corrected chi connectivity index (χ0v) is 12.4. The molecule has 0 bridgehead atoms. The Balaban J connectivity index is 0.00000200. The second kappa shape index (κ2) is 7.32. The Morgan fingerprint density at radius 2 is 2.00 bits per heavy atom. The van der Waals surface area contributed by atoms with Gasteiger partial charge in [-0.25, -0.2) is 0 Å². The van der Waals surface area contributed by atoms with Crippen LogP contribution < -0.4 is 5.32 Å². The Morgan fingerprint density at radius 1 is 1.30 bits per heavy atom. The first-order chi connectivity index (χ1) is 8.98. The Bertz CT molecular complexity index is 414. The zero-order chi connectivity index (χ0) is 13.9. The molecule has 0 aromatic heterocycles. The molecule has 2 rings (SSSR count). The maximum atomic E-state index is 13.0. The van der Waals surface area contributed by atoms with Gasteiger partial charge in [0.25, 0.3) is 0 Å². The lowest BCUT2D eigenvalue weighted by molar-refractivity contribution is -0.138. The summed E-state index contributed by atoms with van der Waals surface area (Å²) < 4.78 is 38.9. The molecule has 0 radical (unpaired) electrons. The van der Waals surface area contributed by atoms with Crippen LogP contribution in [0.2, 0.25) is 0 Å². The minimum Gasteiger partial charge on any atom is -0.316 e. The Labute approximate surface area is 124 Å². The maximum absolute atomic E-state index is 13.0. The quantitative estimate of drug-likeness (QED) is 0.859. The summed E-state index contributed by atoms with van der Waals surface area (Å²) in [6.07, 6.45) is -1.19. The van der Waals surface area contributed by atoms with Crippen LogP contribution >= 0.6 is 12.4 Å². The fourth-order valence-corrected chi connectivity index (χ4v) is 2.94. The summed E-state index contributed by atoms with van der Waals surface area (Å²) in [6, 6.07) is 5.95. The molecule has 1 fully saturated rings. The van der Waals surface area contributed by atoms with Crippen molar-refractivity contribution in [1.82, 2.24) is 5.32 Å². The van der Waals surface area contributed by atoms with Gasteiger partial charge in [-0.1, -0.05) is 25.1 Å². The summed E-state index contributed by atoms with van der Waals surface area (Å²) in [5.41, 5.74) is -0.0492. The van der Waals surface area contributed by atoms with E-state index in [2.05, 4.69) is 5.32 Å². The number of nitrogens with one attached hydrogen (secondary N) is 1. The van der Waals surface area contributed by atoms with Crippen LogP contribution in [-0.4, -0.2) is 13.1 Å². The topological polar surface area (TPSA) is 12.0 Å². The lowest BCUT2D eigenvalue weighted by Crippen LogP contribution is -2.30. The highest BCUT2D eigenvalue weighted by Gasteiger charge is 2.34. The molecule has 114 valence electrons. The van der Waals surface area contributed by atoms with Crippen molar-refractivity contribution in [3.63, 3.8) is 0 Å². The number of piperidine rings is 1. The van der Waals surface area contributed by atoms with Crippen LogP contribution in [0.5, 0.6) is 0 Å². The first-order valence-electron chi connectivity index (χ1n) is 6.85. The van der Waals surface area contributed by atoms with Crippen LogP contribution in [-0.2, 0) is 6.18 Å². The van der Waals surface area contributed by atoms with Gasteiger partial charge in [0.05, 0.1) is 5.56 Å². The summed E-state index contributed by atoms with van der Waals surface area (Å²) in [6.45, 7) is 3.86. The minimum atomic E-state index is -4.25. The van der Waals surface area contributed by atoms with E-state index in [4.69, 9.17) is 0 Å². The maximum Gasteiger partial charge on any atom is 0.416 e. The van der Waals surface area contributed by atoms with Crippen LogP contribution in [0.1, 0.15) is 43.2 Å². The van der Waals surface area contributed by atoms with Crippen molar-refractivity contribution in [2.75, 3.05) is 13.1 Å². The van der Waals surface area contributed by atoms with Crippen LogP contribution in [0.4, 0.5) is 13.2 Å². The molecule has 2 atom stereocenters. The van der Waals surface area contributed by atoms with Gasteiger partial charge < -0.3 is 5.32 Å². The third-order valence-corrected chi connectivity index (χ3v) is 3.88. The van der Waals surface area contributed by atoms with Crippen LogP contribution in [0.3, 0.4) is 0 Å². The van der Waals surface area contributed by atoms with Gasteiger partial charge in [-0.15, -0.1) is 12.4 Å². The van der Waals surface area contributed by atoms with Gasteiger partial charge in [0, 0.05) is 0 Å². The van der Waals surface area contributed by atoms with E-state index in [1.165, 1.54) is 12.1 Å². The number of halogens is 4.